The Morgan fingerprint density at radius 1 is 1.35 bits per heavy atom. The molecule has 0 atom stereocenters. The van der Waals surface area contributed by atoms with Crippen molar-refractivity contribution in [1.29, 1.82) is 0 Å². The molecular formula is C14H12Cl2N8O2. The van der Waals surface area contributed by atoms with Gasteiger partial charge in [0.25, 0.3) is 5.91 Å². The Bertz CT molecular complexity index is 1010. The molecule has 26 heavy (non-hydrogen) atoms. The normalized spacial score (nSPS) is 11.6. The molecule has 3 aromatic rings. The van der Waals surface area contributed by atoms with E-state index in [-0.39, 0.29) is 17.3 Å². The molecule has 1 aromatic carbocycles. The number of nitrogens with two attached hydrogens (primary N) is 1. The summed E-state index contributed by atoms with van der Waals surface area (Å²) in [7, 11) is 0. The Labute approximate surface area is 156 Å². The van der Waals surface area contributed by atoms with Gasteiger partial charge in [-0.2, -0.15) is 9.78 Å². The quantitative estimate of drug-likeness (QED) is 0.509. The Balaban J connectivity index is 1.80. The van der Waals surface area contributed by atoms with Gasteiger partial charge in [0.1, 0.15) is 0 Å². The molecule has 0 fully saturated rings. The van der Waals surface area contributed by atoms with Gasteiger partial charge in [-0.1, -0.05) is 34.5 Å². The zero-order valence-corrected chi connectivity index (χ0v) is 15.1. The van der Waals surface area contributed by atoms with Crippen LogP contribution < -0.4 is 11.2 Å². The molecule has 3 rings (SSSR count). The van der Waals surface area contributed by atoms with Gasteiger partial charge in [0.2, 0.25) is 11.6 Å². The molecule has 0 aliphatic rings. The van der Waals surface area contributed by atoms with Gasteiger partial charge in [-0.05, 0) is 36.3 Å². The largest absolute Gasteiger partial charge is 0.378 e. The van der Waals surface area contributed by atoms with Crippen LogP contribution in [0.5, 0.6) is 0 Å². The first kappa shape index (κ1) is 17.8. The molecule has 0 aliphatic heterocycles. The number of hydrazone groups is 1. The second-order valence-electron chi connectivity index (χ2n) is 5.17. The standard InChI is InChI=1S/C14H12Cl2N8O2/c1-6(9-4-3-8(15)5-10(9)16)18-20-14(25)11-7(2)24(23-19-11)13-12(17)21-26-22-13/h3-5H,1-2H3,(H2,17,21)(H,20,25). The number of nitrogens with one attached hydrogen (secondary N) is 1. The third-order valence-electron chi connectivity index (χ3n) is 3.45. The first-order chi connectivity index (χ1) is 12.4. The van der Waals surface area contributed by atoms with Crippen LogP contribution >= 0.6 is 23.2 Å². The molecule has 0 spiro atoms. The highest BCUT2D eigenvalue weighted by atomic mass is 35.5. The molecule has 12 heteroatoms. The zero-order chi connectivity index (χ0) is 18.8. The number of carbonyl (C=O) groups excluding carboxylic acids is 1. The van der Waals surface area contributed by atoms with Crippen molar-refractivity contribution >= 4 is 40.6 Å². The van der Waals surface area contributed by atoms with Crippen molar-refractivity contribution in [1.82, 2.24) is 30.7 Å². The summed E-state index contributed by atoms with van der Waals surface area (Å²) in [5.74, 6) is -0.397. The number of rotatable bonds is 4. The molecule has 2 aromatic heterocycles. The third-order valence-corrected chi connectivity index (χ3v) is 4.00. The lowest BCUT2D eigenvalue weighted by atomic mass is 10.1. The summed E-state index contributed by atoms with van der Waals surface area (Å²) in [4.78, 5) is 12.3. The Morgan fingerprint density at radius 2 is 2.12 bits per heavy atom. The van der Waals surface area contributed by atoms with Crippen LogP contribution in [0.15, 0.2) is 27.9 Å². The van der Waals surface area contributed by atoms with Gasteiger partial charge in [-0.15, -0.1) is 5.10 Å². The fraction of sp³-hybridized carbons (Fsp3) is 0.143. The minimum Gasteiger partial charge on any atom is -0.378 e. The Morgan fingerprint density at radius 3 is 2.77 bits per heavy atom. The number of anilines is 1. The van der Waals surface area contributed by atoms with Crippen molar-refractivity contribution in [3.8, 4) is 5.82 Å². The van der Waals surface area contributed by atoms with Crippen molar-refractivity contribution in [3.05, 3.63) is 45.2 Å². The number of nitrogen functional groups attached to an aromatic ring is 1. The van der Waals surface area contributed by atoms with Gasteiger partial charge < -0.3 is 5.73 Å². The number of hydrogen-bond acceptors (Lipinski definition) is 8. The average molecular weight is 395 g/mol. The SMILES string of the molecule is CC(=NNC(=O)c1nnn(-c2nonc2N)c1C)c1ccc(Cl)cc1Cl. The summed E-state index contributed by atoms with van der Waals surface area (Å²) in [6.07, 6.45) is 0. The summed E-state index contributed by atoms with van der Waals surface area (Å²) in [5.41, 5.74) is 9.59. The van der Waals surface area contributed by atoms with Crippen LogP contribution in [0.25, 0.3) is 5.82 Å². The number of benzene rings is 1. The molecule has 0 saturated heterocycles. The monoisotopic (exact) mass is 394 g/mol. The fourth-order valence-corrected chi connectivity index (χ4v) is 2.65. The molecule has 0 bridgehead atoms. The maximum absolute atomic E-state index is 12.3. The minimum atomic E-state index is -0.562. The number of aromatic nitrogens is 5. The highest BCUT2D eigenvalue weighted by molar-refractivity contribution is 6.37. The first-order valence-electron chi connectivity index (χ1n) is 7.19. The zero-order valence-electron chi connectivity index (χ0n) is 13.6. The van der Waals surface area contributed by atoms with E-state index >= 15 is 0 Å². The van der Waals surface area contributed by atoms with Crippen molar-refractivity contribution < 1.29 is 9.42 Å². The molecule has 3 N–H and O–H groups in total. The second kappa shape index (κ2) is 7.10. The molecule has 0 radical (unpaired) electrons. The van der Waals surface area contributed by atoms with Gasteiger partial charge in [0.05, 0.1) is 16.4 Å². The van der Waals surface area contributed by atoms with Crippen LogP contribution in [0, 0.1) is 6.92 Å². The van der Waals surface area contributed by atoms with E-state index in [9.17, 15) is 4.79 Å². The van der Waals surface area contributed by atoms with Crippen molar-refractivity contribution in [3.63, 3.8) is 0 Å². The number of halogens is 2. The number of hydrogen-bond donors (Lipinski definition) is 2. The molecule has 2 heterocycles. The Hall–Kier alpha value is -2.98. The molecule has 0 saturated carbocycles. The summed E-state index contributed by atoms with van der Waals surface area (Å²) in [5, 5.41) is 19.7. The van der Waals surface area contributed by atoms with Gasteiger partial charge in [-0.3, -0.25) is 4.79 Å². The maximum Gasteiger partial charge on any atom is 0.293 e. The van der Waals surface area contributed by atoms with Crippen molar-refractivity contribution in [2.24, 2.45) is 5.10 Å². The fourth-order valence-electron chi connectivity index (χ4n) is 2.11. The second-order valence-corrected chi connectivity index (χ2v) is 6.01. The van der Waals surface area contributed by atoms with E-state index in [0.29, 0.717) is 27.0 Å². The molecule has 0 unspecified atom stereocenters. The van der Waals surface area contributed by atoms with Crippen LogP contribution in [-0.4, -0.2) is 36.9 Å². The summed E-state index contributed by atoms with van der Waals surface area (Å²) >= 11 is 12.0. The number of nitrogens with zero attached hydrogens (tertiary/aromatic N) is 6. The van der Waals surface area contributed by atoms with E-state index in [0.717, 1.165) is 0 Å². The first-order valence-corrected chi connectivity index (χ1v) is 7.95. The number of carbonyl (C=O) groups is 1. The van der Waals surface area contributed by atoms with Crippen LogP contribution in [-0.2, 0) is 0 Å². The van der Waals surface area contributed by atoms with E-state index in [1.165, 1.54) is 4.68 Å². The lowest BCUT2D eigenvalue weighted by Gasteiger charge is -2.05. The van der Waals surface area contributed by atoms with Crippen LogP contribution in [0.4, 0.5) is 5.82 Å². The lowest BCUT2D eigenvalue weighted by Crippen LogP contribution is -2.21. The average Bonchev–Trinajstić information content (AvgIpc) is 3.17. The highest BCUT2D eigenvalue weighted by Crippen LogP contribution is 2.21. The minimum absolute atomic E-state index is 0.0243. The van der Waals surface area contributed by atoms with Crippen LogP contribution in [0.1, 0.15) is 28.7 Å². The maximum atomic E-state index is 12.3. The predicted octanol–water partition coefficient (Wildman–Crippen LogP) is 2.00. The molecule has 1 amide bonds. The summed E-state index contributed by atoms with van der Waals surface area (Å²) < 4.78 is 5.76. The van der Waals surface area contributed by atoms with Gasteiger partial charge in [-0.25, -0.2) is 10.1 Å². The van der Waals surface area contributed by atoms with Crippen LogP contribution in [0.3, 0.4) is 0 Å². The summed E-state index contributed by atoms with van der Waals surface area (Å²) in [6.45, 7) is 3.32. The van der Waals surface area contributed by atoms with E-state index in [2.05, 4.69) is 35.8 Å². The predicted molar refractivity (Wildman–Crippen MR) is 94.5 cm³/mol. The Kier molecular flexibility index (Phi) is 4.87. The molecule has 134 valence electrons. The smallest absolute Gasteiger partial charge is 0.293 e. The van der Waals surface area contributed by atoms with E-state index in [1.54, 1.807) is 32.0 Å². The lowest BCUT2D eigenvalue weighted by molar-refractivity contribution is 0.0949. The van der Waals surface area contributed by atoms with Crippen molar-refractivity contribution in [2.45, 2.75) is 13.8 Å². The topological polar surface area (TPSA) is 137 Å². The van der Waals surface area contributed by atoms with Gasteiger partial charge in [0.15, 0.2) is 5.69 Å². The molecular weight excluding hydrogens is 383 g/mol. The van der Waals surface area contributed by atoms with Crippen molar-refractivity contribution in [2.75, 3.05) is 5.73 Å². The summed E-state index contributed by atoms with van der Waals surface area (Å²) in [6, 6.07) is 4.97. The molecule has 10 nitrogen and oxygen atoms in total. The van der Waals surface area contributed by atoms with E-state index in [4.69, 9.17) is 28.9 Å². The molecule has 0 aliphatic carbocycles. The van der Waals surface area contributed by atoms with E-state index in [1.807, 2.05) is 0 Å². The highest BCUT2D eigenvalue weighted by Gasteiger charge is 2.20. The third kappa shape index (κ3) is 3.37. The van der Waals surface area contributed by atoms with Crippen LogP contribution in [0.2, 0.25) is 10.0 Å². The van der Waals surface area contributed by atoms with E-state index < -0.39 is 5.91 Å². The van der Waals surface area contributed by atoms with Gasteiger partial charge in [0, 0.05) is 10.6 Å². The number of amides is 1. The van der Waals surface area contributed by atoms with Gasteiger partial charge >= 0.3 is 0 Å².